The molecule has 0 saturated carbocycles. The Morgan fingerprint density at radius 2 is 1.74 bits per heavy atom. The van der Waals surface area contributed by atoms with E-state index in [2.05, 4.69) is 0 Å². The topological polar surface area (TPSA) is 20.2 Å². The predicted octanol–water partition coefficient (Wildman–Crippen LogP) is 4.47. The fourth-order valence-corrected chi connectivity index (χ4v) is 1.73. The third kappa shape index (κ3) is 4.08. The number of phenols is 1. The molecule has 1 N–H and O–H groups in total. The van der Waals surface area contributed by atoms with Gasteiger partial charge >= 0.3 is 12.1 Å². The van der Waals surface area contributed by atoms with E-state index in [9.17, 15) is 27.1 Å². The zero-order valence-corrected chi connectivity index (χ0v) is 10.4. The minimum Gasteiger partial charge on any atom is -0.508 e. The van der Waals surface area contributed by atoms with E-state index in [1.165, 1.54) is 12.1 Å². The van der Waals surface area contributed by atoms with Crippen LogP contribution in [-0.2, 0) is 12.8 Å². The lowest BCUT2D eigenvalue weighted by Crippen LogP contribution is -2.36. The summed E-state index contributed by atoms with van der Waals surface area (Å²) in [4.78, 5) is 0. The monoisotopic (exact) mass is 282 g/mol. The molecule has 0 aliphatic carbocycles. The van der Waals surface area contributed by atoms with Crippen molar-refractivity contribution in [2.24, 2.45) is 0 Å². The summed E-state index contributed by atoms with van der Waals surface area (Å²) in [5, 5.41) is 9.43. The van der Waals surface area contributed by atoms with Gasteiger partial charge in [0.1, 0.15) is 5.75 Å². The molecule has 0 saturated heterocycles. The summed E-state index contributed by atoms with van der Waals surface area (Å²) >= 11 is 0. The zero-order chi connectivity index (χ0) is 14.7. The van der Waals surface area contributed by atoms with Crippen LogP contribution in [0.25, 0.3) is 0 Å². The SMILES string of the molecule is CCc1cc(CCCC(F)(F)C(F)(F)F)ccc1O. The van der Waals surface area contributed by atoms with Crippen LogP contribution >= 0.6 is 0 Å². The van der Waals surface area contributed by atoms with Crippen molar-refractivity contribution in [3.8, 4) is 5.75 Å². The van der Waals surface area contributed by atoms with Crippen LogP contribution in [0.15, 0.2) is 18.2 Å². The molecule has 0 spiro atoms. The molecule has 19 heavy (non-hydrogen) atoms. The number of benzene rings is 1. The average molecular weight is 282 g/mol. The molecule has 0 atom stereocenters. The van der Waals surface area contributed by atoms with Gasteiger partial charge in [0, 0.05) is 6.42 Å². The molecule has 0 aromatic heterocycles. The summed E-state index contributed by atoms with van der Waals surface area (Å²) in [6.45, 7) is 1.82. The fourth-order valence-electron chi connectivity index (χ4n) is 1.73. The van der Waals surface area contributed by atoms with Crippen molar-refractivity contribution >= 4 is 0 Å². The maximum Gasteiger partial charge on any atom is 0.453 e. The van der Waals surface area contributed by atoms with Crippen LogP contribution in [0.5, 0.6) is 5.75 Å². The van der Waals surface area contributed by atoms with Crippen molar-refractivity contribution in [2.75, 3.05) is 0 Å². The van der Waals surface area contributed by atoms with Crippen LogP contribution in [0.4, 0.5) is 22.0 Å². The smallest absolute Gasteiger partial charge is 0.453 e. The Hall–Kier alpha value is -1.33. The van der Waals surface area contributed by atoms with Gasteiger partial charge in [0.05, 0.1) is 0 Å². The van der Waals surface area contributed by atoms with E-state index in [1.54, 1.807) is 6.07 Å². The van der Waals surface area contributed by atoms with E-state index in [-0.39, 0.29) is 18.6 Å². The van der Waals surface area contributed by atoms with E-state index in [1.807, 2.05) is 6.92 Å². The maximum atomic E-state index is 12.7. The van der Waals surface area contributed by atoms with E-state index < -0.39 is 18.5 Å². The highest BCUT2D eigenvalue weighted by Gasteiger charge is 2.56. The molecule has 1 rings (SSSR count). The number of rotatable bonds is 5. The number of alkyl halides is 5. The number of aromatic hydroxyl groups is 1. The first kappa shape index (κ1) is 15.7. The molecule has 1 nitrogen and oxygen atoms in total. The Bertz CT molecular complexity index is 426. The van der Waals surface area contributed by atoms with Crippen molar-refractivity contribution in [3.63, 3.8) is 0 Å². The molecule has 0 bridgehead atoms. The second-order valence-electron chi connectivity index (χ2n) is 4.37. The van der Waals surface area contributed by atoms with Gasteiger partial charge in [0.2, 0.25) is 0 Å². The Balaban J connectivity index is 2.59. The lowest BCUT2D eigenvalue weighted by atomic mass is 10.0. The van der Waals surface area contributed by atoms with Crippen LogP contribution in [-0.4, -0.2) is 17.2 Å². The molecule has 0 amide bonds. The quantitative estimate of drug-likeness (QED) is 0.790. The molecular weight excluding hydrogens is 267 g/mol. The molecule has 0 aliphatic rings. The first-order valence-electron chi connectivity index (χ1n) is 5.92. The van der Waals surface area contributed by atoms with Gasteiger partial charge < -0.3 is 5.11 Å². The van der Waals surface area contributed by atoms with Gasteiger partial charge in [-0.2, -0.15) is 22.0 Å². The first-order chi connectivity index (χ1) is 8.67. The van der Waals surface area contributed by atoms with Crippen molar-refractivity contribution in [1.29, 1.82) is 0 Å². The summed E-state index contributed by atoms with van der Waals surface area (Å²) in [5.74, 6) is -4.54. The van der Waals surface area contributed by atoms with Crippen molar-refractivity contribution in [2.45, 2.75) is 44.7 Å². The summed E-state index contributed by atoms with van der Waals surface area (Å²) in [5.41, 5.74) is 1.30. The fraction of sp³-hybridized carbons (Fsp3) is 0.538. The minimum absolute atomic E-state index is 0.104. The molecule has 0 heterocycles. The van der Waals surface area contributed by atoms with Gasteiger partial charge in [0.25, 0.3) is 0 Å². The zero-order valence-electron chi connectivity index (χ0n) is 10.4. The van der Waals surface area contributed by atoms with Gasteiger partial charge in [-0.1, -0.05) is 19.1 Å². The normalized spacial score (nSPS) is 12.7. The Morgan fingerprint density at radius 3 is 2.26 bits per heavy atom. The van der Waals surface area contributed by atoms with Gasteiger partial charge in [0.15, 0.2) is 0 Å². The third-order valence-electron chi connectivity index (χ3n) is 2.90. The van der Waals surface area contributed by atoms with E-state index in [0.29, 0.717) is 17.5 Å². The molecular formula is C13H15F5O. The molecule has 0 unspecified atom stereocenters. The van der Waals surface area contributed by atoms with Crippen molar-refractivity contribution in [3.05, 3.63) is 29.3 Å². The van der Waals surface area contributed by atoms with E-state index in [4.69, 9.17) is 0 Å². The number of hydrogen-bond donors (Lipinski definition) is 1. The first-order valence-corrected chi connectivity index (χ1v) is 5.92. The Kier molecular flexibility index (Phi) is 4.76. The number of hydrogen-bond acceptors (Lipinski definition) is 1. The van der Waals surface area contributed by atoms with Crippen molar-refractivity contribution in [1.82, 2.24) is 0 Å². The van der Waals surface area contributed by atoms with Crippen LogP contribution in [0.1, 0.15) is 30.9 Å². The largest absolute Gasteiger partial charge is 0.508 e. The molecule has 0 fully saturated rings. The van der Waals surface area contributed by atoms with Gasteiger partial charge in [-0.25, -0.2) is 0 Å². The number of phenolic OH excluding ortho intramolecular Hbond substituents is 1. The molecule has 1 aromatic rings. The molecule has 108 valence electrons. The third-order valence-corrected chi connectivity index (χ3v) is 2.90. The van der Waals surface area contributed by atoms with Crippen LogP contribution in [0.2, 0.25) is 0 Å². The van der Waals surface area contributed by atoms with Gasteiger partial charge in [-0.05, 0) is 36.5 Å². The highest BCUT2D eigenvalue weighted by molar-refractivity contribution is 5.36. The predicted molar refractivity (Wildman–Crippen MR) is 61.4 cm³/mol. The van der Waals surface area contributed by atoms with Crippen LogP contribution in [0, 0.1) is 0 Å². The maximum absolute atomic E-state index is 12.7. The molecule has 0 radical (unpaired) electrons. The van der Waals surface area contributed by atoms with E-state index >= 15 is 0 Å². The second-order valence-corrected chi connectivity index (χ2v) is 4.37. The standard InChI is InChI=1S/C13H15F5O/c1-2-10-8-9(5-6-11(10)19)4-3-7-12(14,15)13(16,17)18/h5-6,8,19H,2-4,7H2,1H3. The van der Waals surface area contributed by atoms with Crippen molar-refractivity contribution < 1.29 is 27.1 Å². The van der Waals surface area contributed by atoms with Gasteiger partial charge in [-0.3, -0.25) is 0 Å². The van der Waals surface area contributed by atoms with E-state index in [0.717, 1.165) is 0 Å². The number of halogens is 5. The summed E-state index contributed by atoms with van der Waals surface area (Å²) < 4.78 is 61.2. The summed E-state index contributed by atoms with van der Waals surface area (Å²) in [7, 11) is 0. The second kappa shape index (κ2) is 5.75. The summed E-state index contributed by atoms with van der Waals surface area (Å²) in [6.07, 6.45) is -6.28. The molecule has 6 heteroatoms. The Labute approximate surface area is 108 Å². The van der Waals surface area contributed by atoms with Gasteiger partial charge in [-0.15, -0.1) is 0 Å². The highest BCUT2D eigenvalue weighted by atomic mass is 19.4. The van der Waals surface area contributed by atoms with Crippen LogP contribution < -0.4 is 0 Å². The van der Waals surface area contributed by atoms with Crippen LogP contribution in [0.3, 0.4) is 0 Å². The molecule has 1 aromatic carbocycles. The highest BCUT2D eigenvalue weighted by Crippen LogP contribution is 2.39. The lowest BCUT2D eigenvalue weighted by molar-refractivity contribution is -0.284. The lowest BCUT2D eigenvalue weighted by Gasteiger charge is -2.19. The number of aryl methyl sites for hydroxylation is 2. The Morgan fingerprint density at radius 1 is 1.11 bits per heavy atom. The molecule has 0 aliphatic heterocycles. The average Bonchev–Trinajstić information content (AvgIpc) is 2.29. The minimum atomic E-state index is -5.49. The summed E-state index contributed by atoms with van der Waals surface area (Å²) in [6, 6.07) is 4.58.